The minimum Gasteiger partial charge on any atom is -0.493 e. The van der Waals surface area contributed by atoms with Crippen LogP contribution in [-0.4, -0.2) is 40.2 Å². The molecule has 2 aromatic carbocycles. The van der Waals surface area contributed by atoms with E-state index in [0.717, 1.165) is 5.56 Å². The largest absolute Gasteiger partial charge is 0.493 e. The summed E-state index contributed by atoms with van der Waals surface area (Å²) in [6.07, 6.45) is 2.79. The van der Waals surface area contributed by atoms with Crippen LogP contribution in [0.15, 0.2) is 47.6 Å². The molecule has 0 saturated heterocycles. The predicted molar refractivity (Wildman–Crippen MR) is 105 cm³/mol. The van der Waals surface area contributed by atoms with E-state index in [0.29, 0.717) is 28.6 Å². The Labute approximate surface area is 163 Å². The molecule has 0 aliphatic rings. The van der Waals surface area contributed by atoms with Gasteiger partial charge in [-0.05, 0) is 42.0 Å². The van der Waals surface area contributed by atoms with Crippen LogP contribution < -0.4 is 24.7 Å². The van der Waals surface area contributed by atoms with E-state index in [9.17, 15) is 4.79 Å². The van der Waals surface area contributed by atoms with E-state index in [1.54, 1.807) is 49.6 Å². The number of hydrogen-bond donors (Lipinski definition) is 1. The SMILES string of the molecule is COc1ccc(/C=C/C(=O)O/N=C(\N)c2ccc(OC)c(OC)c2)cc1OC. The first-order valence-electron chi connectivity index (χ1n) is 8.19. The molecule has 0 unspecified atom stereocenters. The lowest BCUT2D eigenvalue weighted by molar-refractivity contribution is -0.137. The lowest BCUT2D eigenvalue weighted by Crippen LogP contribution is -2.15. The highest BCUT2D eigenvalue weighted by Crippen LogP contribution is 2.28. The number of hydrogen-bond acceptors (Lipinski definition) is 7. The second kappa shape index (κ2) is 9.86. The van der Waals surface area contributed by atoms with E-state index in [1.807, 2.05) is 0 Å². The zero-order valence-corrected chi connectivity index (χ0v) is 16.1. The van der Waals surface area contributed by atoms with Gasteiger partial charge in [0.2, 0.25) is 0 Å². The third-order valence-electron chi connectivity index (χ3n) is 3.73. The third-order valence-corrected chi connectivity index (χ3v) is 3.73. The molecule has 0 aliphatic heterocycles. The Hall–Kier alpha value is -3.68. The maximum Gasteiger partial charge on any atom is 0.358 e. The summed E-state index contributed by atoms with van der Waals surface area (Å²) in [7, 11) is 6.12. The first kappa shape index (κ1) is 20.6. The number of rotatable bonds is 8. The summed E-state index contributed by atoms with van der Waals surface area (Å²) in [5.41, 5.74) is 7.11. The number of oxime groups is 1. The van der Waals surface area contributed by atoms with Gasteiger partial charge in [0.1, 0.15) is 0 Å². The molecule has 0 aliphatic carbocycles. The van der Waals surface area contributed by atoms with Crippen LogP contribution in [0.25, 0.3) is 6.08 Å². The van der Waals surface area contributed by atoms with E-state index in [2.05, 4.69) is 5.16 Å². The maximum absolute atomic E-state index is 11.9. The van der Waals surface area contributed by atoms with Crippen LogP contribution in [0.4, 0.5) is 0 Å². The summed E-state index contributed by atoms with van der Waals surface area (Å²) >= 11 is 0. The average Bonchev–Trinajstić information content (AvgIpc) is 2.74. The fourth-order valence-corrected chi connectivity index (χ4v) is 2.29. The molecule has 0 heterocycles. The minimum atomic E-state index is -0.682. The molecule has 0 saturated carbocycles. The Morgan fingerprint density at radius 1 is 0.857 bits per heavy atom. The number of nitrogens with two attached hydrogens (primary N) is 1. The molecule has 0 bridgehead atoms. The fourth-order valence-electron chi connectivity index (χ4n) is 2.29. The van der Waals surface area contributed by atoms with Gasteiger partial charge in [0, 0.05) is 11.6 Å². The Balaban J connectivity index is 2.05. The van der Waals surface area contributed by atoms with E-state index in [4.69, 9.17) is 29.5 Å². The molecule has 2 N–H and O–H groups in total. The van der Waals surface area contributed by atoms with Crippen LogP contribution in [0, 0.1) is 0 Å². The van der Waals surface area contributed by atoms with Crippen molar-refractivity contribution in [3.8, 4) is 23.0 Å². The van der Waals surface area contributed by atoms with Crippen LogP contribution >= 0.6 is 0 Å². The van der Waals surface area contributed by atoms with Gasteiger partial charge in [-0.25, -0.2) is 4.79 Å². The van der Waals surface area contributed by atoms with Crippen LogP contribution in [0.1, 0.15) is 11.1 Å². The lowest BCUT2D eigenvalue weighted by atomic mass is 10.2. The summed E-state index contributed by atoms with van der Waals surface area (Å²) in [5.74, 6) is 1.52. The number of amidine groups is 1. The zero-order valence-electron chi connectivity index (χ0n) is 16.1. The van der Waals surface area contributed by atoms with Crippen molar-refractivity contribution in [3.63, 3.8) is 0 Å². The van der Waals surface area contributed by atoms with Crippen molar-refractivity contribution in [2.45, 2.75) is 0 Å². The zero-order chi connectivity index (χ0) is 20.5. The second-order valence-electron chi connectivity index (χ2n) is 5.40. The molecular formula is C20H22N2O6. The number of nitrogens with zero attached hydrogens (tertiary/aromatic N) is 1. The van der Waals surface area contributed by atoms with E-state index < -0.39 is 5.97 Å². The number of methoxy groups -OCH3 is 4. The molecule has 28 heavy (non-hydrogen) atoms. The van der Waals surface area contributed by atoms with Gasteiger partial charge in [-0.3, -0.25) is 0 Å². The predicted octanol–water partition coefficient (Wildman–Crippen LogP) is 2.60. The van der Waals surface area contributed by atoms with Crippen LogP contribution in [0.2, 0.25) is 0 Å². The molecule has 0 amide bonds. The third kappa shape index (κ3) is 5.16. The van der Waals surface area contributed by atoms with Crippen LogP contribution in [-0.2, 0) is 9.63 Å². The number of benzene rings is 2. The highest BCUT2D eigenvalue weighted by atomic mass is 16.7. The van der Waals surface area contributed by atoms with Gasteiger partial charge in [0.25, 0.3) is 0 Å². The molecule has 0 aromatic heterocycles. The Bertz CT molecular complexity index is 892. The highest BCUT2D eigenvalue weighted by Gasteiger charge is 2.08. The number of carbonyl (C=O) groups is 1. The fraction of sp³-hybridized carbons (Fsp3) is 0.200. The lowest BCUT2D eigenvalue weighted by Gasteiger charge is -2.08. The molecule has 0 spiro atoms. The summed E-state index contributed by atoms with van der Waals surface area (Å²) in [4.78, 5) is 16.7. The van der Waals surface area contributed by atoms with E-state index in [-0.39, 0.29) is 5.84 Å². The van der Waals surface area contributed by atoms with Gasteiger partial charge in [0.15, 0.2) is 28.8 Å². The van der Waals surface area contributed by atoms with Crippen molar-refractivity contribution in [1.29, 1.82) is 0 Å². The standard InChI is InChI=1S/C20H22N2O6/c1-24-15-8-5-13(11-17(15)26-3)6-10-19(23)28-22-20(21)14-7-9-16(25-2)18(12-14)27-4/h5-12H,1-4H3,(H2,21,22)/b10-6+. The summed E-state index contributed by atoms with van der Waals surface area (Å²) in [6, 6.07) is 10.2. The molecule has 148 valence electrons. The number of ether oxygens (including phenoxy) is 4. The highest BCUT2D eigenvalue weighted by molar-refractivity contribution is 5.98. The molecule has 8 nitrogen and oxygen atoms in total. The smallest absolute Gasteiger partial charge is 0.358 e. The topological polar surface area (TPSA) is 102 Å². The molecule has 8 heteroatoms. The normalized spacial score (nSPS) is 11.2. The molecule has 0 atom stereocenters. The Morgan fingerprint density at radius 3 is 2.04 bits per heavy atom. The average molecular weight is 386 g/mol. The molecular weight excluding hydrogens is 364 g/mol. The van der Waals surface area contributed by atoms with Crippen LogP contribution in [0.3, 0.4) is 0 Å². The van der Waals surface area contributed by atoms with Crippen molar-refractivity contribution < 1.29 is 28.6 Å². The minimum absolute atomic E-state index is 0.0221. The van der Waals surface area contributed by atoms with Crippen molar-refractivity contribution in [2.24, 2.45) is 10.9 Å². The second-order valence-corrected chi connectivity index (χ2v) is 5.40. The van der Waals surface area contributed by atoms with Gasteiger partial charge in [0.05, 0.1) is 28.4 Å². The molecule has 0 fully saturated rings. The van der Waals surface area contributed by atoms with Crippen molar-refractivity contribution >= 4 is 17.9 Å². The van der Waals surface area contributed by atoms with Crippen molar-refractivity contribution in [1.82, 2.24) is 0 Å². The van der Waals surface area contributed by atoms with Crippen molar-refractivity contribution in [3.05, 3.63) is 53.6 Å². The van der Waals surface area contributed by atoms with Gasteiger partial charge < -0.3 is 29.5 Å². The first-order valence-corrected chi connectivity index (χ1v) is 8.19. The number of carbonyl (C=O) groups excluding carboxylic acids is 1. The van der Waals surface area contributed by atoms with Gasteiger partial charge in [-0.1, -0.05) is 11.2 Å². The Kier molecular flexibility index (Phi) is 7.27. The van der Waals surface area contributed by atoms with E-state index >= 15 is 0 Å². The molecule has 0 radical (unpaired) electrons. The van der Waals surface area contributed by atoms with Crippen molar-refractivity contribution in [2.75, 3.05) is 28.4 Å². The van der Waals surface area contributed by atoms with Gasteiger partial charge in [-0.15, -0.1) is 0 Å². The maximum atomic E-state index is 11.9. The van der Waals surface area contributed by atoms with Crippen LogP contribution in [0.5, 0.6) is 23.0 Å². The first-order chi connectivity index (χ1) is 13.5. The molecule has 2 rings (SSSR count). The monoisotopic (exact) mass is 386 g/mol. The van der Waals surface area contributed by atoms with E-state index in [1.165, 1.54) is 27.4 Å². The quantitative estimate of drug-likeness (QED) is 0.245. The van der Waals surface area contributed by atoms with Gasteiger partial charge >= 0.3 is 5.97 Å². The molecule has 2 aromatic rings. The summed E-state index contributed by atoms with van der Waals surface area (Å²) in [5, 5.41) is 3.65. The van der Waals surface area contributed by atoms with Gasteiger partial charge in [-0.2, -0.15) is 0 Å². The summed E-state index contributed by atoms with van der Waals surface area (Å²) < 4.78 is 20.7. The summed E-state index contributed by atoms with van der Waals surface area (Å²) in [6.45, 7) is 0. The Morgan fingerprint density at radius 2 is 1.43 bits per heavy atom.